The van der Waals surface area contributed by atoms with Crippen molar-refractivity contribution < 1.29 is 0 Å². The summed E-state index contributed by atoms with van der Waals surface area (Å²) in [6.07, 6.45) is 6.68. The van der Waals surface area contributed by atoms with Gasteiger partial charge >= 0.3 is 0 Å². The molecule has 0 saturated carbocycles. The Kier molecular flexibility index (Phi) is 1.42. The molecule has 2 aliphatic heterocycles. The van der Waals surface area contributed by atoms with Gasteiger partial charge in [0.05, 0.1) is 17.6 Å². The van der Waals surface area contributed by atoms with E-state index in [1.807, 2.05) is 12.1 Å². The fourth-order valence-corrected chi connectivity index (χ4v) is 1.35. The smallest absolute Gasteiger partial charge is 0.183 e. The minimum atomic E-state index is 0.269. The van der Waals surface area contributed by atoms with Crippen LogP contribution in [0.5, 0.6) is 0 Å². The first kappa shape index (κ1) is 7.82. The molecule has 3 rings (SSSR count). The van der Waals surface area contributed by atoms with Crippen LogP contribution in [0.1, 0.15) is 5.69 Å². The number of hydrogen-bond donors (Lipinski definition) is 0. The van der Waals surface area contributed by atoms with Gasteiger partial charge in [-0.15, -0.1) is 9.90 Å². The highest BCUT2D eigenvalue weighted by Gasteiger charge is 2.18. The van der Waals surface area contributed by atoms with E-state index in [1.54, 1.807) is 12.3 Å². The number of rotatable bonds is 0. The number of nitriles is 1. The number of aliphatic imine (C=N–C) groups is 2. The van der Waals surface area contributed by atoms with Gasteiger partial charge in [0, 0.05) is 12.3 Å². The molecule has 0 bridgehead atoms. The van der Waals surface area contributed by atoms with Crippen molar-refractivity contribution >= 4 is 12.1 Å². The van der Waals surface area contributed by atoms with E-state index < -0.39 is 0 Å². The molecular weight excluding hydrogens is 192 g/mol. The molecule has 0 fully saturated rings. The van der Waals surface area contributed by atoms with Gasteiger partial charge in [0.2, 0.25) is 0 Å². The first-order valence-corrected chi connectivity index (χ1v) is 4.25. The predicted molar refractivity (Wildman–Crippen MR) is 52.2 cm³/mol. The van der Waals surface area contributed by atoms with Crippen LogP contribution in [-0.4, -0.2) is 27.0 Å². The van der Waals surface area contributed by atoms with E-state index in [-0.39, 0.29) is 5.69 Å². The van der Waals surface area contributed by atoms with Gasteiger partial charge in [-0.3, -0.25) is 4.99 Å². The van der Waals surface area contributed by atoms with Crippen molar-refractivity contribution in [2.45, 2.75) is 0 Å². The van der Waals surface area contributed by atoms with Crippen LogP contribution < -0.4 is 0 Å². The Balaban J connectivity index is 2.02. The SMILES string of the molecule is N#Cc1cnn(C2=NC3=CC=NC3=C2)n1. The lowest BCUT2D eigenvalue weighted by Crippen LogP contribution is -2.11. The monoisotopic (exact) mass is 196 g/mol. The molecule has 1 aromatic rings. The molecular formula is C9H4N6. The van der Waals surface area contributed by atoms with Crippen molar-refractivity contribution in [2.75, 3.05) is 0 Å². The second-order valence-electron chi connectivity index (χ2n) is 2.96. The number of fused-ring (bicyclic) bond motifs is 1. The van der Waals surface area contributed by atoms with Crippen LogP contribution in [0.4, 0.5) is 0 Å². The maximum atomic E-state index is 8.60. The molecule has 0 atom stereocenters. The molecule has 0 radical (unpaired) electrons. The number of allylic oxidation sites excluding steroid dienone is 2. The summed E-state index contributed by atoms with van der Waals surface area (Å²) in [5.41, 5.74) is 1.88. The van der Waals surface area contributed by atoms with E-state index in [2.05, 4.69) is 20.2 Å². The van der Waals surface area contributed by atoms with Crippen molar-refractivity contribution in [3.63, 3.8) is 0 Å². The summed E-state index contributed by atoms with van der Waals surface area (Å²) in [6.45, 7) is 0. The van der Waals surface area contributed by atoms with Crippen LogP contribution in [0.25, 0.3) is 0 Å². The number of hydrogen-bond acceptors (Lipinski definition) is 5. The predicted octanol–water partition coefficient (Wildman–Crippen LogP) is 0.262. The van der Waals surface area contributed by atoms with Crippen LogP contribution in [0.3, 0.4) is 0 Å². The lowest BCUT2D eigenvalue weighted by atomic mass is 10.4. The molecule has 0 spiro atoms. The van der Waals surface area contributed by atoms with Crippen LogP contribution in [0.2, 0.25) is 0 Å². The van der Waals surface area contributed by atoms with Gasteiger partial charge in [0.15, 0.2) is 11.5 Å². The third-order valence-electron chi connectivity index (χ3n) is 2.02. The topological polar surface area (TPSA) is 79.2 Å². The zero-order valence-corrected chi connectivity index (χ0v) is 7.49. The Morgan fingerprint density at radius 1 is 1.33 bits per heavy atom. The first-order chi connectivity index (χ1) is 7.36. The minimum Gasteiger partial charge on any atom is -0.254 e. The fraction of sp³-hybridized carbons (Fsp3) is 0. The highest BCUT2D eigenvalue weighted by Crippen LogP contribution is 2.22. The zero-order valence-electron chi connectivity index (χ0n) is 7.49. The molecule has 2 aliphatic rings. The summed E-state index contributed by atoms with van der Waals surface area (Å²) in [4.78, 5) is 9.67. The quantitative estimate of drug-likeness (QED) is 0.597. The molecule has 6 nitrogen and oxygen atoms in total. The van der Waals surface area contributed by atoms with E-state index in [9.17, 15) is 0 Å². The van der Waals surface area contributed by atoms with Crippen LogP contribution in [-0.2, 0) is 0 Å². The van der Waals surface area contributed by atoms with Gasteiger partial charge in [-0.25, -0.2) is 4.99 Å². The largest absolute Gasteiger partial charge is 0.254 e. The van der Waals surface area contributed by atoms with Crippen LogP contribution in [0, 0.1) is 11.3 Å². The molecule has 0 unspecified atom stereocenters. The first-order valence-electron chi connectivity index (χ1n) is 4.25. The highest BCUT2D eigenvalue weighted by atomic mass is 15.5. The highest BCUT2D eigenvalue weighted by molar-refractivity contribution is 6.00. The third kappa shape index (κ3) is 1.10. The van der Waals surface area contributed by atoms with Gasteiger partial charge in [-0.2, -0.15) is 10.4 Å². The average Bonchev–Trinajstić information content (AvgIpc) is 2.91. The summed E-state index contributed by atoms with van der Waals surface area (Å²) in [5, 5.41) is 16.5. The average molecular weight is 196 g/mol. The van der Waals surface area contributed by atoms with Gasteiger partial charge < -0.3 is 0 Å². The van der Waals surface area contributed by atoms with Crippen molar-refractivity contribution in [1.29, 1.82) is 5.26 Å². The molecule has 0 aliphatic carbocycles. The van der Waals surface area contributed by atoms with Crippen LogP contribution in [0.15, 0.2) is 39.7 Å². The fourth-order valence-electron chi connectivity index (χ4n) is 1.35. The van der Waals surface area contributed by atoms with Crippen molar-refractivity contribution in [1.82, 2.24) is 15.0 Å². The molecule has 0 N–H and O–H groups in total. The van der Waals surface area contributed by atoms with E-state index in [1.165, 1.54) is 11.0 Å². The zero-order chi connectivity index (χ0) is 10.3. The van der Waals surface area contributed by atoms with E-state index >= 15 is 0 Å². The summed E-state index contributed by atoms with van der Waals surface area (Å²) in [5.74, 6) is 0.578. The molecule has 6 heteroatoms. The Morgan fingerprint density at radius 2 is 2.27 bits per heavy atom. The summed E-state index contributed by atoms with van der Waals surface area (Å²) < 4.78 is 0. The second-order valence-corrected chi connectivity index (χ2v) is 2.96. The maximum Gasteiger partial charge on any atom is 0.183 e. The second kappa shape index (κ2) is 2.72. The molecule has 70 valence electrons. The van der Waals surface area contributed by atoms with Gasteiger partial charge in [0.1, 0.15) is 6.07 Å². The van der Waals surface area contributed by atoms with Gasteiger partial charge in [0.25, 0.3) is 0 Å². The summed E-state index contributed by atoms with van der Waals surface area (Å²) in [7, 11) is 0. The Labute approximate surface area is 84.6 Å². The van der Waals surface area contributed by atoms with Crippen molar-refractivity contribution in [3.05, 3.63) is 35.4 Å². The lowest BCUT2D eigenvalue weighted by molar-refractivity contribution is 0.799. The standard InChI is InChI=1S/C9H4N6/c10-4-6-5-12-15(14-6)9-3-8-7(13-9)1-2-11-8/h1-3,5H. The van der Waals surface area contributed by atoms with E-state index in [0.717, 1.165) is 11.4 Å². The third-order valence-corrected chi connectivity index (χ3v) is 2.02. The molecule has 0 amide bonds. The normalized spacial score (nSPS) is 16.9. The summed E-state index contributed by atoms with van der Waals surface area (Å²) >= 11 is 0. The number of aromatic nitrogens is 3. The molecule has 3 heterocycles. The molecule has 0 saturated heterocycles. The number of nitrogens with zero attached hydrogens (tertiary/aromatic N) is 6. The summed E-state index contributed by atoms with van der Waals surface area (Å²) in [6, 6.07) is 1.91. The maximum absolute atomic E-state index is 8.60. The molecule has 1 aromatic heterocycles. The Morgan fingerprint density at radius 3 is 3.00 bits per heavy atom. The van der Waals surface area contributed by atoms with Crippen molar-refractivity contribution in [2.24, 2.45) is 9.98 Å². The molecule has 0 aromatic carbocycles. The van der Waals surface area contributed by atoms with Gasteiger partial charge in [-0.1, -0.05) is 0 Å². The van der Waals surface area contributed by atoms with Crippen LogP contribution >= 0.6 is 0 Å². The van der Waals surface area contributed by atoms with E-state index in [0.29, 0.717) is 5.84 Å². The Hall–Kier alpha value is -2.55. The van der Waals surface area contributed by atoms with Gasteiger partial charge in [-0.05, 0) is 6.08 Å². The lowest BCUT2D eigenvalue weighted by Gasteiger charge is -1.92. The Bertz CT molecular complexity index is 592. The van der Waals surface area contributed by atoms with E-state index in [4.69, 9.17) is 5.26 Å². The minimum absolute atomic E-state index is 0.269. The molecule has 15 heavy (non-hydrogen) atoms. The van der Waals surface area contributed by atoms with Crippen molar-refractivity contribution in [3.8, 4) is 6.07 Å².